The number of hydrogen-bond acceptors (Lipinski definition) is 3. The average Bonchev–Trinajstić information content (AvgIpc) is 3.00. The molecule has 3 rings (SSSR count). The molecule has 0 saturated carbocycles. The topological polar surface area (TPSA) is 58.4 Å². The van der Waals surface area contributed by atoms with Gasteiger partial charge in [0.25, 0.3) is 5.91 Å². The number of phenols is 1. The van der Waals surface area contributed by atoms with Crippen molar-refractivity contribution in [3.8, 4) is 5.75 Å². The second-order valence-corrected chi connectivity index (χ2v) is 6.15. The van der Waals surface area contributed by atoms with Gasteiger partial charge in [-0.05, 0) is 43.0 Å². The van der Waals surface area contributed by atoms with Gasteiger partial charge >= 0.3 is 0 Å². The van der Waals surface area contributed by atoms with Crippen molar-refractivity contribution < 1.29 is 9.90 Å². The van der Waals surface area contributed by atoms with E-state index in [4.69, 9.17) is 0 Å². The highest BCUT2D eigenvalue weighted by Crippen LogP contribution is 2.29. The smallest absolute Gasteiger partial charge is 0.257 e. The molecular weight excluding hydrogens is 290 g/mol. The lowest BCUT2D eigenvalue weighted by Crippen LogP contribution is -2.38. The minimum Gasteiger partial charge on any atom is -0.507 e. The average molecular weight is 313 g/mol. The predicted octanol–water partition coefficient (Wildman–Crippen LogP) is 2.71. The van der Waals surface area contributed by atoms with Crippen molar-refractivity contribution in [3.63, 3.8) is 0 Å². The second kappa shape index (κ2) is 6.44. The van der Waals surface area contributed by atoms with Crippen LogP contribution in [0.1, 0.15) is 47.3 Å². The van der Waals surface area contributed by atoms with Gasteiger partial charge in [0.05, 0.1) is 5.56 Å². The Morgan fingerprint density at radius 3 is 2.61 bits per heavy atom. The highest BCUT2D eigenvalue weighted by Gasteiger charge is 2.27. The van der Waals surface area contributed by atoms with Gasteiger partial charge in [0.2, 0.25) is 0 Å². The molecule has 1 aromatic heterocycles. The van der Waals surface area contributed by atoms with Crippen molar-refractivity contribution in [1.29, 1.82) is 0 Å². The molecule has 122 valence electrons. The first kappa shape index (κ1) is 15.6. The molecule has 5 nitrogen and oxygen atoms in total. The largest absolute Gasteiger partial charge is 0.507 e. The fourth-order valence-electron chi connectivity index (χ4n) is 3.31. The van der Waals surface area contributed by atoms with E-state index in [2.05, 4.69) is 11.2 Å². The molecule has 1 aliphatic rings. The quantitative estimate of drug-likeness (QED) is 0.948. The summed E-state index contributed by atoms with van der Waals surface area (Å²) < 4.78 is 1.91. The van der Waals surface area contributed by atoms with Gasteiger partial charge in [0.15, 0.2) is 0 Å². The van der Waals surface area contributed by atoms with Crippen molar-refractivity contribution >= 4 is 5.91 Å². The Kier molecular flexibility index (Phi) is 4.37. The van der Waals surface area contributed by atoms with Crippen molar-refractivity contribution in [2.45, 2.75) is 32.1 Å². The van der Waals surface area contributed by atoms with Gasteiger partial charge in [0.1, 0.15) is 5.75 Å². The summed E-state index contributed by atoms with van der Waals surface area (Å²) in [5.41, 5.74) is 2.67. The summed E-state index contributed by atoms with van der Waals surface area (Å²) in [5.74, 6) is 0.458. The van der Waals surface area contributed by atoms with Crippen LogP contribution >= 0.6 is 0 Å². The fraction of sp³-hybridized carbons (Fsp3) is 0.444. The Morgan fingerprint density at radius 1 is 1.30 bits per heavy atom. The van der Waals surface area contributed by atoms with Crippen LogP contribution in [0.25, 0.3) is 0 Å². The number of piperidine rings is 1. The van der Waals surface area contributed by atoms with Gasteiger partial charge in [-0.1, -0.05) is 13.0 Å². The van der Waals surface area contributed by atoms with E-state index >= 15 is 0 Å². The minimum absolute atomic E-state index is 0.0754. The minimum atomic E-state index is -0.0754. The van der Waals surface area contributed by atoms with Crippen LogP contribution < -0.4 is 0 Å². The second-order valence-electron chi connectivity index (χ2n) is 6.15. The number of phenolic OH excluding ortho intramolecular Hbond substituents is 1. The third-order valence-electron chi connectivity index (χ3n) is 4.76. The predicted molar refractivity (Wildman–Crippen MR) is 88.6 cm³/mol. The fourth-order valence-corrected chi connectivity index (χ4v) is 3.31. The molecule has 0 radical (unpaired) electrons. The van der Waals surface area contributed by atoms with Crippen LogP contribution in [-0.4, -0.2) is 38.8 Å². The molecule has 0 bridgehead atoms. The first-order valence-electron chi connectivity index (χ1n) is 8.19. The van der Waals surface area contributed by atoms with E-state index < -0.39 is 0 Å². The van der Waals surface area contributed by atoms with Gasteiger partial charge < -0.3 is 10.0 Å². The number of carbonyl (C=O) groups is 1. The van der Waals surface area contributed by atoms with Gasteiger partial charge in [-0.2, -0.15) is 5.10 Å². The Labute approximate surface area is 136 Å². The van der Waals surface area contributed by atoms with Gasteiger partial charge in [-0.25, -0.2) is 0 Å². The Balaban J connectivity index is 1.68. The standard InChI is InChI=1S/C18H23N3O2/c1-3-13-4-5-15(17(22)12-13)18(23)21-10-7-14(8-11-21)16-6-9-19-20(16)2/h4-6,9,12,14,22H,3,7-8,10-11H2,1-2H3. The molecule has 0 unspecified atom stereocenters. The number of aryl methyl sites for hydroxylation is 2. The number of benzene rings is 1. The first-order chi connectivity index (χ1) is 11.1. The third kappa shape index (κ3) is 3.09. The summed E-state index contributed by atoms with van der Waals surface area (Å²) in [6.07, 6.45) is 4.52. The molecule has 0 aliphatic carbocycles. The summed E-state index contributed by atoms with van der Waals surface area (Å²) in [6, 6.07) is 7.39. The maximum Gasteiger partial charge on any atom is 0.257 e. The number of carbonyl (C=O) groups excluding carboxylic acids is 1. The molecule has 1 fully saturated rings. The number of hydrogen-bond donors (Lipinski definition) is 1. The number of likely N-dealkylation sites (tertiary alicyclic amines) is 1. The van der Waals surface area contributed by atoms with Crippen molar-refractivity contribution in [1.82, 2.24) is 14.7 Å². The zero-order valence-electron chi connectivity index (χ0n) is 13.7. The van der Waals surface area contributed by atoms with E-state index in [0.29, 0.717) is 24.6 Å². The zero-order chi connectivity index (χ0) is 16.4. The molecule has 1 aliphatic heterocycles. The van der Waals surface area contributed by atoms with Crippen molar-refractivity contribution in [3.05, 3.63) is 47.3 Å². The maximum absolute atomic E-state index is 12.6. The first-order valence-corrected chi connectivity index (χ1v) is 8.19. The highest BCUT2D eigenvalue weighted by atomic mass is 16.3. The summed E-state index contributed by atoms with van der Waals surface area (Å²) in [6.45, 7) is 3.45. The van der Waals surface area contributed by atoms with E-state index in [0.717, 1.165) is 24.8 Å². The molecule has 1 aromatic carbocycles. The van der Waals surface area contributed by atoms with E-state index in [1.807, 2.05) is 35.8 Å². The molecule has 5 heteroatoms. The SMILES string of the molecule is CCc1ccc(C(=O)N2CCC(c3ccnn3C)CC2)c(O)c1. The van der Waals surface area contributed by atoms with E-state index in [1.165, 1.54) is 5.69 Å². The molecule has 23 heavy (non-hydrogen) atoms. The van der Waals surface area contributed by atoms with Crippen molar-refractivity contribution in [2.24, 2.45) is 7.05 Å². The summed E-state index contributed by atoms with van der Waals surface area (Å²) >= 11 is 0. The third-order valence-corrected chi connectivity index (χ3v) is 4.76. The lowest BCUT2D eigenvalue weighted by atomic mass is 9.93. The normalized spacial score (nSPS) is 15.8. The molecular formula is C18H23N3O2. The number of aromatic nitrogens is 2. The molecule has 1 saturated heterocycles. The monoisotopic (exact) mass is 313 g/mol. The lowest BCUT2D eigenvalue weighted by molar-refractivity contribution is 0.0708. The number of aromatic hydroxyl groups is 1. The Bertz CT molecular complexity index is 700. The van der Waals surface area contributed by atoms with Crippen LogP contribution in [0.15, 0.2) is 30.5 Å². The molecule has 1 amide bonds. The van der Waals surface area contributed by atoms with Crippen LogP contribution in [-0.2, 0) is 13.5 Å². The Morgan fingerprint density at radius 2 is 2.04 bits per heavy atom. The van der Waals surface area contributed by atoms with Gasteiger partial charge in [-0.3, -0.25) is 9.48 Å². The Hall–Kier alpha value is -2.30. The number of nitrogens with zero attached hydrogens (tertiary/aromatic N) is 3. The lowest BCUT2D eigenvalue weighted by Gasteiger charge is -2.32. The van der Waals surface area contributed by atoms with E-state index in [1.54, 1.807) is 12.1 Å². The molecule has 2 aromatic rings. The summed E-state index contributed by atoms with van der Waals surface area (Å²) in [5, 5.41) is 14.3. The molecule has 0 atom stereocenters. The highest BCUT2D eigenvalue weighted by molar-refractivity contribution is 5.97. The molecule has 2 heterocycles. The molecule has 1 N–H and O–H groups in total. The van der Waals surface area contributed by atoms with Crippen LogP contribution in [0.5, 0.6) is 5.75 Å². The van der Waals surface area contributed by atoms with Crippen LogP contribution in [0.4, 0.5) is 0 Å². The van der Waals surface area contributed by atoms with Gasteiger partial charge in [-0.15, -0.1) is 0 Å². The van der Waals surface area contributed by atoms with E-state index in [-0.39, 0.29) is 11.7 Å². The summed E-state index contributed by atoms with van der Waals surface area (Å²) in [7, 11) is 1.96. The number of amides is 1. The van der Waals surface area contributed by atoms with Gasteiger partial charge in [0, 0.05) is 37.9 Å². The van der Waals surface area contributed by atoms with Crippen molar-refractivity contribution in [2.75, 3.05) is 13.1 Å². The van der Waals surface area contributed by atoms with Crippen LogP contribution in [0.2, 0.25) is 0 Å². The van der Waals surface area contributed by atoms with Crippen LogP contribution in [0.3, 0.4) is 0 Å². The van der Waals surface area contributed by atoms with E-state index in [9.17, 15) is 9.90 Å². The van der Waals surface area contributed by atoms with Crippen LogP contribution in [0, 0.1) is 0 Å². The number of rotatable bonds is 3. The maximum atomic E-state index is 12.6. The summed E-state index contributed by atoms with van der Waals surface area (Å²) in [4.78, 5) is 14.5. The molecule has 0 spiro atoms. The zero-order valence-corrected chi connectivity index (χ0v) is 13.7.